The summed E-state index contributed by atoms with van der Waals surface area (Å²) in [4.78, 5) is 13.8. The summed E-state index contributed by atoms with van der Waals surface area (Å²) in [5.74, 6) is -0.787. The Hall–Kier alpha value is -2.14. The molecule has 3 rings (SSSR count). The number of aryl methyl sites for hydroxylation is 1. The van der Waals surface area contributed by atoms with Gasteiger partial charge in [-0.2, -0.15) is 5.10 Å². The minimum Gasteiger partial charge on any atom is -0.480 e. The Labute approximate surface area is 123 Å². The van der Waals surface area contributed by atoms with Gasteiger partial charge in [0.2, 0.25) is 0 Å². The highest BCUT2D eigenvalue weighted by atomic mass is 16.4. The number of aliphatic carboxylic acids is 1. The third-order valence-electron chi connectivity index (χ3n) is 4.09. The zero-order valence-electron chi connectivity index (χ0n) is 12.1. The number of rotatable bonds is 4. The lowest BCUT2D eigenvalue weighted by molar-refractivity contribution is -0.144. The maximum atomic E-state index is 11.7. The second-order valence-electron chi connectivity index (χ2n) is 5.30. The van der Waals surface area contributed by atoms with Gasteiger partial charge in [-0.25, -0.2) is 0 Å². The van der Waals surface area contributed by atoms with Gasteiger partial charge < -0.3 is 5.11 Å². The van der Waals surface area contributed by atoms with Crippen molar-refractivity contribution in [1.29, 1.82) is 0 Å². The van der Waals surface area contributed by atoms with Crippen LogP contribution in [0.5, 0.6) is 0 Å². The Morgan fingerprint density at radius 3 is 2.95 bits per heavy atom. The van der Waals surface area contributed by atoms with Gasteiger partial charge in [-0.05, 0) is 30.5 Å². The van der Waals surface area contributed by atoms with Crippen molar-refractivity contribution in [2.45, 2.75) is 32.5 Å². The summed E-state index contributed by atoms with van der Waals surface area (Å²) in [5, 5.41) is 13.9. The van der Waals surface area contributed by atoms with Crippen molar-refractivity contribution in [2.75, 3.05) is 6.54 Å². The number of carboxylic acids is 1. The molecule has 2 aromatic rings. The van der Waals surface area contributed by atoms with Gasteiger partial charge in [0.05, 0.1) is 5.69 Å². The van der Waals surface area contributed by atoms with Crippen LogP contribution in [0.1, 0.15) is 29.8 Å². The van der Waals surface area contributed by atoms with E-state index in [2.05, 4.69) is 5.10 Å². The van der Waals surface area contributed by atoms with Gasteiger partial charge in [0, 0.05) is 25.8 Å². The van der Waals surface area contributed by atoms with Crippen LogP contribution in [0.25, 0.3) is 0 Å². The number of fused-ring (bicyclic) bond motifs is 1. The molecule has 1 atom stereocenters. The molecular formula is C16H19N3O2. The molecule has 0 bridgehead atoms. The number of aromatic nitrogens is 2. The van der Waals surface area contributed by atoms with Gasteiger partial charge in [0.25, 0.3) is 0 Å². The highest BCUT2D eigenvalue weighted by Crippen LogP contribution is 2.31. The smallest absolute Gasteiger partial charge is 0.325 e. The molecule has 0 saturated heterocycles. The topological polar surface area (TPSA) is 58.4 Å². The van der Waals surface area contributed by atoms with Crippen molar-refractivity contribution in [3.63, 3.8) is 0 Å². The molecule has 0 spiro atoms. The van der Waals surface area contributed by atoms with Crippen LogP contribution in [-0.4, -0.2) is 32.3 Å². The van der Waals surface area contributed by atoms with Crippen LogP contribution in [0.2, 0.25) is 0 Å². The Morgan fingerprint density at radius 1 is 1.38 bits per heavy atom. The van der Waals surface area contributed by atoms with Crippen molar-refractivity contribution in [1.82, 2.24) is 14.7 Å². The van der Waals surface area contributed by atoms with Gasteiger partial charge in [-0.1, -0.05) is 24.3 Å². The first-order valence-electron chi connectivity index (χ1n) is 7.26. The fraction of sp³-hybridized carbons (Fsp3) is 0.375. The van der Waals surface area contributed by atoms with Crippen LogP contribution < -0.4 is 0 Å². The normalized spacial score (nSPS) is 18.4. The van der Waals surface area contributed by atoms with Crippen LogP contribution in [0.15, 0.2) is 36.5 Å². The summed E-state index contributed by atoms with van der Waals surface area (Å²) in [6, 6.07) is 9.23. The van der Waals surface area contributed by atoms with Crippen molar-refractivity contribution in [3.8, 4) is 0 Å². The fourth-order valence-electron chi connectivity index (χ4n) is 3.07. The van der Waals surface area contributed by atoms with E-state index in [0.717, 1.165) is 36.3 Å². The van der Waals surface area contributed by atoms with Crippen LogP contribution in [0.3, 0.4) is 0 Å². The fourth-order valence-corrected chi connectivity index (χ4v) is 3.07. The van der Waals surface area contributed by atoms with Crippen LogP contribution >= 0.6 is 0 Å². The summed E-state index contributed by atoms with van der Waals surface area (Å²) < 4.78 is 1.92. The molecule has 0 saturated carbocycles. The molecule has 0 radical (unpaired) electrons. The largest absolute Gasteiger partial charge is 0.480 e. The van der Waals surface area contributed by atoms with E-state index in [1.54, 1.807) is 6.20 Å². The maximum absolute atomic E-state index is 11.7. The van der Waals surface area contributed by atoms with E-state index in [1.165, 1.54) is 0 Å². The van der Waals surface area contributed by atoms with E-state index in [-0.39, 0.29) is 0 Å². The second-order valence-corrected chi connectivity index (χ2v) is 5.30. The summed E-state index contributed by atoms with van der Waals surface area (Å²) in [5.41, 5.74) is 3.12. The van der Waals surface area contributed by atoms with E-state index < -0.39 is 12.0 Å². The highest BCUT2D eigenvalue weighted by Gasteiger charge is 2.33. The number of nitrogens with zero attached hydrogens (tertiary/aromatic N) is 3. The number of hydrogen-bond acceptors (Lipinski definition) is 3. The molecule has 1 aromatic carbocycles. The van der Waals surface area contributed by atoms with Crippen molar-refractivity contribution in [3.05, 3.63) is 53.3 Å². The quantitative estimate of drug-likeness (QED) is 0.934. The van der Waals surface area contributed by atoms with Gasteiger partial charge in [0.1, 0.15) is 6.04 Å². The molecule has 1 aliphatic heterocycles. The first kappa shape index (κ1) is 13.8. The summed E-state index contributed by atoms with van der Waals surface area (Å²) in [7, 11) is 0. The van der Waals surface area contributed by atoms with Gasteiger partial charge >= 0.3 is 5.97 Å². The van der Waals surface area contributed by atoms with E-state index in [0.29, 0.717) is 6.54 Å². The molecule has 21 heavy (non-hydrogen) atoms. The second kappa shape index (κ2) is 5.69. The number of hydrogen-bond donors (Lipinski definition) is 1. The van der Waals surface area contributed by atoms with Gasteiger partial charge in [-0.3, -0.25) is 14.4 Å². The molecule has 0 amide bonds. The maximum Gasteiger partial charge on any atom is 0.325 e. The Kier molecular flexibility index (Phi) is 3.75. The summed E-state index contributed by atoms with van der Waals surface area (Å²) in [6.07, 6.45) is 2.66. The molecule has 110 valence electrons. The van der Waals surface area contributed by atoms with Crippen LogP contribution in [0.4, 0.5) is 0 Å². The van der Waals surface area contributed by atoms with Crippen molar-refractivity contribution >= 4 is 5.97 Å². The third-order valence-corrected chi connectivity index (χ3v) is 4.09. The molecule has 2 heterocycles. The Bertz CT molecular complexity index is 650. The Balaban J connectivity index is 1.91. The lowest BCUT2D eigenvalue weighted by Crippen LogP contribution is -2.39. The van der Waals surface area contributed by atoms with Crippen molar-refractivity contribution < 1.29 is 9.90 Å². The third kappa shape index (κ3) is 2.56. The van der Waals surface area contributed by atoms with Gasteiger partial charge in [-0.15, -0.1) is 0 Å². The highest BCUT2D eigenvalue weighted by molar-refractivity contribution is 5.76. The van der Waals surface area contributed by atoms with E-state index in [4.69, 9.17) is 0 Å². The van der Waals surface area contributed by atoms with E-state index >= 15 is 0 Å². The monoisotopic (exact) mass is 285 g/mol. The van der Waals surface area contributed by atoms with Crippen LogP contribution in [0, 0.1) is 0 Å². The minimum atomic E-state index is -0.787. The standard InChI is InChI=1S/C16H19N3O2/c1-2-19-13(7-9-17-19)11-18-10-8-12-5-3-4-6-14(12)15(18)16(20)21/h3-7,9,15H,2,8,10-11H2,1H3,(H,20,21). The SMILES string of the molecule is CCn1nccc1CN1CCc2ccccc2C1C(=O)O. The molecule has 1 unspecified atom stereocenters. The average Bonchev–Trinajstić information content (AvgIpc) is 2.93. The molecule has 1 aliphatic rings. The first-order chi connectivity index (χ1) is 10.2. The van der Waals surface area contributed by atoms with Crippen LogP contribution in [-0.2, 0) is 24.3 Å². The zero-order chi connectivity index (χ0) is 14.8. The predicted molar refractivity (Wildman–Crippen MR) is 78.8 cm³/mol. The molecular weight excluding hydrogens is 266 g/mol. The number of benzene rings is 1. The zero-order valence-corrected chi connectivity index (χ0v) is 12.1. The average molecular weight is 285 g/mol. The molecule has 0 aliphatic carbocycles. The van der Waals surface area contributed by atoms with E-state index in [1.807, 2.05) is 46.8 Å². The lowest BCUT2D eigenvalue weighted by Gasteiger charge is -2.34. The van der Waals surface area contributed by atoms with E-state index in [9.17, 15) is 9.90 Å². The summed E-state index contributed by atoms with van der Waals surface area (Å²) >= 11 is 0. The summed E-state index contributed by atoms with van der Waals surface area (Å²) in [6.45, 7) is 4.20. The molecule has 1 aromatic heterocycles. The molecule has 1 N–H and O–H groups in total. The van der Waals surface area contributed by atoms with Crippen molar-refractivity contribution in [2.24, 2.45) is 0 Å². The lowest BCUT2D eigenvalue weighted by atomic mass is 9.92. The molecule has 5 nitrogen and oxygen atoms in total. The minimum absolute atomic E-state index is 0.574. The predicted octanol–water partition coefficient (Wildman–Crippen LogP) is 2.09. The Morgan fingerprint density at radius 2 is 2.19 bits per heavy atom. The number of carboxylic acid groups (broad SMARTS) is 1. The molecule has 5 heteroatoms. The first-order valence-corrected chi connectivity index (χ1v) is 7.26. The number of carbonyl (C=O) groups is 1. The van der Waals surface area contributed by atoms with Gasteiger partial charge in [0.15, 0.2) is 0 Å². The molecule has 0 fully saturated rings.